The van der Waals surface area contributed by atoms with Gasteiger partial charge in [-0.1, -0.05) is 0 Å². The average molecular weight is 206 g/mol. The Labute approximate surface area is 82.8 Å². The largest absolute Gasteiger partial charge is 0.521 e. The second kappa shape index (κ2) is 5.72. The van der Waals surface area contributed by atoms with Crippen molar-refractivity contribution in [3.8, 4) is 0 Å². The van der Waals surface area contributed by atoms with Gasteiger partial charge in [-0.3, -0.25) is 9.13 Å². The molecule has 0 aliphatic heterocycles. The van der Waals surface area contributed by atoms with Gasteiger partial charge < -0.3 is 8.85 Å². The SMILES string of the molecule is CCO[Si](OCC)(N(C)C)N(C)C. The van der Waals surface area contributed by atoms with Crippen molar-refractivity contribution in [1.29, 1.82) is 0 Å². The van der Waals surface area contributed by atoms with Crippen LogP contribution in [0.15, 0.2) is 0 Å². The molecule has 0 aromatic carbocycles. The number of hydrogen-bond acceptors (Lipinski definition) is 4. The van der Waals surface area contributed by atoms with Crippen LogP contribution in [-0.2, 0) is 8.85 Å². The van der Waals surface area contributed by atoms with E-state index in [1.165, 1.54) is 0 Å². The zero-order valence-corrected chi connectivity index (χ0v) is 10.6. The Balaban J connectivity index is 4.59. The summed E-state index contributed by atoms with van der Waals surface area (Å²) in [5.41, 5.74) is 0. The second-order valence-electron chi connectivity index (χ2n) is 3.20. The first-order valence-corrected chi connectivity index (χ1v) is 6.35. The van der Waals surface area contributed by atoms with Crippen LogP contribution in [0.3, 0.4) is 0 Å². The van der Waals surface area contributed by atoms with Crippen molar-refractivity contribution in [2.24, 2.45) is 0 Å². The third-order valence-corrected chi connectivity index (χ3v) is 5.39. The lowest BCUT2D eigenvalue weighted by Gasteiger charge is -2.38. The molecule has 0 N–H and O–H groups in total. The molecule has 0 rings (SSSR count). The van der Waals surface area contributed by atoms with Crippen LogP contribution in [0, 0.1) is 0 Å². The standard InChI is InChI=1S/C8H22N2O2Si/c1-7-11-13(9(3)4,10(5)6)12-8-2/h7-8H2,1-6H3. The Kier molecular flexibility index (Phi) is 5.74. The van der Waals surface area contributed by atoms with E-state index in [2.05, 4.69) is 9.13 Å². The van der Waals surface area contributed by atoms with Gasteiger partial charge in [0.15, 0.2) is 0 Å². The van der Waals surface area contributed by atoms with E-state index in [0.717, 1.165) is 0 Å². The minimum absolute atomic E-state index is 0.683. The summed E-state index contributed by atoms with van der Waals surface area (Å²) < 4.78 is 15.6. The van der Waals surface area contributed by atoms with E-state index < -0.39 is 8.88 Å². The maximum atomic E-state index is 5.76. The summed E-state index contributed by atoms with van der Waals surface area (Å²) >= 11 is 0. The van der Waals surface area contributed by atoms with Crippen LogP contribution in [0.1, 0.15) is 13.8 Å². The fourth-order valence-corrected chi connectivity index (χ4v) is 4.00. The molecule has 5 heteroatoms. The Bertz CT molecular complexity index is 126. The van der Waals surface area contributed by atoms with Crippen molar-refractivity contribution < 1.29 is 8.85 Å². The fraction of sp³-hybridized carbons (Fsp3) is 1.00. The molecule has 0 bridgehead atoms. The lowest BCUT2D eigenvalue weighted by atomic mass is 10.9. The summed E-state index contributed by atoms with van der Waals surface area (Å²) in [6.45, 7) is 5.35. The van der Waals surface area contributed by atoms with Crippen LogP contribution in [0.4, 0.5) is 0 Å². The quantitative estimate of drug-likeness (QED) is 0.595. The fourth-order valence-electron chi connectivity index (χ4n) is 1.33. The molecule has 0 aromatic heterocycles. The van der Waals surface area contributed by atoms with Gasteiger partial charge in [0, 0.05) is 13.2 Å². The number of rotatable bonds is 6. The normalized spacial score (nSPS) is 12.9. The smallest absolute Gasteiger partial charge is 0.371 e. The first kappa shape index (κ1) is 13.1. The lowest BCUT2D eigenvalue weighted by Crippen LogP contribution is -2.65. The second-order valence-corrected chi connectivity index (χ2v) is 6.67. The molecule has 0 spiro atoms. The van der Waals surface area contributed by atoms with E-state index in [0.29, 0.717) is 13.2 Å². The molecule has 0 aromatic rings. The van der Waals surface area contributed by atoms with Gasteiger partial charge in [-0.2, -0.15) is 0 Å². The van der Waals surface area contributed by atoms with Crippen molar-refractivity contribution in [3.63, 3.8) is 0 Å². The van der Waals surface area contributed by atoms with Crippen molar-refractivity contribution in [2.75, 3.05) is 41.4 Å². The van der Waals surface area contributed by atoms with Crippen molar-refractivity contribution in [2.45, 2.75) is 13.8 Å². The van der Waals surface area contributed by atoms with Crippen molar-refractivity contribution in [3.05, 3.63) is 0 Å². The molecule has 0 amide bonds. The predicted octanol–water partition coefficient (Wildman–Crippen LogP) is 0.618. The van der Waals surface area contributed by atoms with Crippen LogP contribution in [0.5, 0.6) is 0 Å². The highest BCUT2D eigenvalue weighted by atomic mass is 28.4. The summed E-state index contributed by atoms with van der Waals surface area (Å²) in [6, 6.07) is 0. The number of nitrogens with zero attached hydrogens (tertiary/aromatic N) is 2. The Hall–Kier alpha value is 0.0569. The lowest BCUT2D eigenvalue weighted by molar-refractivity contribution is 0.0934. The van der Waals surface area contributed by atoms with E-state index >= 15 is 0 Å². The summed E-state index contributed by atoms with van der Waals surface area (Å²) in [4.78, 5) is 0. The van der Waals surface area contributed by atoms with E-state index in [9.17, 15) is 0 Å². The molecule has 0 heterocycles. The third kappa shape index (κ3) is 3.03. The van der Waals surface area contributed by atoms with E-state index in [4.69, 9.17) is 8.85 Å². The zero-order chi connectivity index (χ0) is 10.5. The van der Waals surface area contributed by atoms with E-state index in [1.807, 2.05) is 42.0 Å². The monoisotopic (exact) mass is 206 g/mol. The van der Waals surface area contributed by atoms with E-state index in [1.54, 1.807) is 0 Å². The number of hydrogen-bond donors (Lipinski definition) is 0. The summed E-state index contributed by atoms with van der Waals surface area (Å²) in [7, 11) is 5.71. The molecule has 0 radical (unpaired) electrons. The molecule has 13 heavy (non-hydrogen) atoms. The van der Waals surface area contributed by atoms with Gasteiger partial charge in [0.05, 0.1) is 0 Å². The van der Waals surface area contributed by atoms with Crippen LogP contribution in [0.25, 0.3) is 0 Å². The van der Waals surface area contributed by atoms with Crippen LogP contribution < -0.4 is 0 Å². The van der Waals surface area contributed by atoms with Crippen molar-refractivity contribution in [1.82, 2.24) is 9.13 Å². The van der Waals surface area contributed by atoms with Crippen LogP contribution in [-0.4, -0.2) is 59.4 Å². The van der Waals surface area contributed by atoms with E-state index in [-0.39, 0.29) is 0 Å². The molecule has 80 valence electrons. The first-order valence-electron chi connectivity index (χ1n) is 4.64. The highest BCUT2D eigenvalue weighted by Gasteiger charge is 2.45. The Morgan fingerprint density at radius 3 is 1.31 bits per heavy atom. The first-order chi connectivity index (χ1) is 6.01. The van der Waals surface area contributed by atoms with Crippen molar-refractivity contribution >= 4 is 8.88 Å². The molecule has 0 atom stereocenters. The molecular weight excluding hydrogens is 184 g/mol. The predicted molar refractivity (Wildman–Crippen MR) is 56.4 cm³/mol. The zero-order valence-electron chi connectivity index (χ0n) is 9.63. The molecule has 0 saturated heterocycles. The Morgan fingerprint density at radius 2 is 1.15 bits per heavy atom. The molecule has 0 fully saturated rings. The molecular formula is C8H22N2O2Si. The minimum Gasteiger partial charge on any atom is -0.371 e. The van der Waals surface area contributed by atoms with Gasteiger partial charge in [0.25, 0.3) is 0 Å². The van der Waals surface area contributed by atoms with Gasteiger partial charge in [-0.05, 0) is 42.0 Å². The van der Waals surface area contributed by atoms with Gasteiger partial charge >= 0.3 is 8.88 Å². The van der Waals surface area contributed by atoms with Gasteiger partial charge in [-0.15, -0.1) is 0 Å². The minimum atomic E-state index is -2.28. The third-order valence-electron chi connectivity index (χ3n) is 1.80. The highest BCUT2D eigenvalue weighted by Crippen LogP contribution is 2.12. The maximum absolute atomic E-state index is 5.76. The molecule has 4 nitrogen and oxygen atoms in total. The van der Waals surface area contributed by atoms with Gasteiger partial charge in [-0.25, -0.2) is 0 Å². The molecule has 0 aliphatic rings. The summed E-state index contributed by atoms with van der Waals surface area (Å²) in [5.74, 6) is 0. The topological polar surface area (TPSA) is 24.9 Å². The molecule has 0 unspecified atom stereocenters. The average Bonchev–Trinajstić information content (AvgIpc) is 2.03. The Morgan fingerprint density at radius 1 is 0.846 bits per heavy atom. The highest BCUT2D eigenvalue weighted by molar-refractivity contribution is 6.61. The van der Waals surface area contributed by atoms with Gasteiger partial charge in [0.1, 0.15) is 0 Å². The van der Waals surface area contributed by atoms with Crippen LogP contribution in [0.2, 0.25) is 0 Å². The van der Waals surface area contributed by atoms with Crippen LogP contribution >= 0.6 is 0 Å². The summed E-state index contributed by atoms with van der Waals surface area (Å²) in [5, 5.41) is 0. The summed E-state index contributed by atoms with van der Waals surface area (Å²) in [6.07, 6.45) is 0. The van der Waals surface area contributed by atoms with Gasteiger partial charge in [0.2, 0.25) is 0 Å². The molecule has 0 aliphatic carbocycles. The maximum Gasteiger partial charge on any atom is 0.521 e. The molecule has 0 saturated carbocycles.